The highest BCUT2D eigenvalue weighted by Crippen LogP contribution is 2.19. The van der Waals surface area contributed by atoms with Crippen LogP contribution in [-0.2, 0) is 13.1 Å². The third kappa shape index (κ3) is 3.16. The maximum absolute atomic E-state index is 5.48. The summed E-state index contributed by atoms with van der Waals surface area (Å²) in [6, 6.07) is 11.9. The van der Waals surface area contributed by atoms with E-state index in [1.807, 2.05) is 49.5 Å². The number of hydrogen-bond donors (Lipinski definition) is 0. The zero-order valence-electron chi connectivity index (χ0n) is 14.3. The van der Waals surface area contributed by atoms with Gasteiger partial charge in [-0.05, 0) is 38.2 Å². The molecule has 0 N–H and O–H groups in total. The number of nitrogens with zero attached hydrogens (tertiary/aromatic N) is 5. The van der Waals surface area contributed by atoms with E-state index in [0.717, 1.165) is 34.9 Å². The number of aryl methyl sites for hydroxylation is 1. The Hall–Kier alpha value is -2.99. The van der Waals surface area contributed by atoms with Crippen LogP contribution in [0.25, 0.3) is 16.9 Å². The first kappa shape index (κ1) is 15.5. The standard InChI is InChI=1S/C19H19N5O/c1-14-18(24-9-4-3-7-19(24)21-14)13-23(2)12-16-10-17(22-25-16)15-6-5-8-20-11-15/h3-11H,12-13H2,1-2H3. The number of imidazole rings is 1. The Kier molecular flexibility index (Phi) is 4.03. The monoisotopic (exact) mass is 333 g/mol. The van der Waals surface area contributed by atoms with Crippen molar-refractivity contribution in [2.45, 2.75) is 20.0 Å². The van der Waals surface area contributed by atoms with Crippen LogP contribution >= 0.6 is 0 Å². The summed E-state index contributed by atoms with van der Waals surface area (Å²) in [4.78, 5) is 10.9. The minimum Gasteiger partial charge on any atom is -0.359 e. The fourth-order valence-electron chi connectivity index (χ4n) is 2.97. The minimum atomic E-state index is 0.673. The van der Waals surface area contributed by atoms with E-state index in [1.165, 1.54) is 5.69 Å². The maximum atomic E-state index is 5.48. The Bertz CT molecular complexity index is 989. The van der Waals surface area contributed by atoms with Gasteiger partial charge in [-0.3, -0.25) is 9.88 Å². The lowest BCUT2D eigenvalue weighted by molar-refractivity contribution is 0.263. The highest BCUT2D eigenvalue weighted by Gasteiger charge is 2.13. The van der Waals surface area contributed by atoms with Crippen LogP contribution < -0.4 is 0 Å². The van der Waals surface area contributed by atoms with Gasteiger partial charge in [0.1, 0.15) is 11.3 Å². The first-order chi connectivity index (χ1) is 12.2. The first-order valence-electron chi connectivity index (χ1n) is 8.18. The number of aromatic nitrogens is 4. The lowest BCUT2D eigenvalue weighted by Crippen LogP contribution is -2.18. The average molecular weight is 333 g/mol. The highest BCUT2D eigenvalue weighted by molar-refractivity contribution is 5.57. The van der Waals surface area contributed by atoms with E-state index in [0.29, 0.717) is 6.54 Å². The predicted molar refractivity (Wildman–Crippen MR) is 94.8 cm³/mol. The molecule has 0 aliphatic rings. The third-order valence-corrected chi connectivity index (χ3v) is 4.19. The van der Waals surface area contributed by atoms with Crippen molar-refractivity contribution in [3.63, 3.8) is 0 Å². The summed E-state index contributed by atoms with van der Waals surface area (Å²) in [5.41, 5.74) is 4.97. The lowest BCUT2D eigenvalue weighted by atomic mass is 10.2. The molecular formula is C19H19N5O. The summed E-state index contributed by atoms with van der Waals surface area (Å²) in [6.07, 6.45) is 5.58. The van der Waals surface area contributed by atoms with Gasteiger partial charge in [0.2, 0.25) is 0 Å². The molecule has 126 valence electrons. The van der Waals surface area contributed by atoms with Gasteiger partial charge in [-0.1, -0.05) is 11.2 Å². The van der Waals surface area contributed by atoms with Gasteiger partial charge in [0, 0.05) is 36.8 Å². The molecule has 0 bridgehead atoms. The molecule has 0 amide bonds. The molecule has 0 aliphatic heterocycles. The largest absolute Gasteiger partial charge is 0.359 e. The van der Waals surface area contributed by atoms with Crippen LogP contribution in [0.1, 0.15) is 17.1 Å². The first-order valence-corrected chi connectivity index (χ1v) is 8.18. The molecule has 4 rings (SSSR count). The van der Waals surface area contributed by atoms with Crippen molar-refractivity contribution in [1.29, 1.82) is 0 Å². The smallest absolute Gasteiger partial charge is 0.151 e. The molecule has 0 spiro atoms. The van der Waals surface area contributed by atoms with Crippen molar-refractivity contribution < 1.29 is 4.52 Å². The summed E-state index contributed by atoms with van der Waals surface area (Å²) in [5, 5.41) is 4.14. The summed E-state index contributed by atoms with van der Waals surface area (Å²) in [5.74, 6) is 0.827. The number of fused-ring (bicyclic) bond motifs is 1. The second kappa shape index (κ2) is 6.49. The molecule has 6 nitrogen and oxygen atoms in total. The quantitative estimate of drug-likeness (QED) is 0.561. The van der Waals surface area contributed by atoms with Crippen LogP contribution in [0.15, 0.2) is 59.5 Å². The van der Waals surface area contributed by atoms with Crippen molar-refractivity contribution in [3.05, 3.63) is 72.1 Å². The summed E-state index contributed by atoms with van der Waals surface area (Å²) < 4.78 is 7.62. The van der Waals surface area contributed by atoms with Gasteiger partial charge in [0.25, 0.3) is 0 Å². The average Bonchev–Trinajstić information content (AvgIpc) is 3.21. The zero-order chi connectivity index (χ0) is 17.2. The zero-order valence-corrected chi connectivity index (χ0v) is 14.3. The van der Waals surface area contributed by atoms with Gasteiger partial charge in [-0.15, -0.1) is 0 Å². The van der Waals surface area contributed by atoms with E-state index >= 15 is 0 Å². The second-order valence-electron chi connectivity index (χ2n) is 6.17. The van der Waals surface area contributed by atoms with Crippen LogP contribution in [0.2, 0.25) is 0 Å². The number of hydrogen-bond acceptors (Lipinski definition) is 5. The molecule has 0 fully saturated rings. The van der Waals surface area contributed by atoms with Gasteiger partial charge in [-0.2, -0.15) is 0 Å². The fraction of sp³-hybridized carbons (Fsp3) is 0.211. The normalized spacial score (nSPS) is 11.5. The molecule has 0 unspecified atom stereocenters. The van der Waals surface area contributed by atoms with Gasteiger partial charge in [-0.25, -0.2) is 4.98 Å². The summed E-state index contributed by atoms with van der Waals surface area (Å²) in [6.45, 7) is 3.50. The molecule has 0 aromatic carbocycles. The van der Waals surface area contributed by atoms with Crippen molar-refractivity contribution in [2.75, 3.05) is 7.05 Å². The molecule has 4 aromatic rings. The Morgan fingerprint density at radius 2 is 2.08 bits per heavy atom. The van der Waals surface area contributed by atoms with Crippen LogP contribution in [0.5, 0.6) is 0 Å². The molecule has 6 heteroatoms. The molecule has 4 aromatic heterocycles. The molecule has 0 saturated carbocycles. The van der Waals surface area contributed by atoms with Crippen LogP contribution in [-0.4, -0.2) is 31.5 Å². The van der Waals surface area contributed by atoms with E-state index in [9.17, 15) is 0 Å². The van der Waals surface area contributed by atoms with E-state index in [4.69, 9.17) is 4.52 Å². The Morgan fingerprint density at radius 1 is 1.16 bits per heavy atom. The van der Waals surface area contributed by atoms with Crippen molar-refractivity contribution in [1.82, 2.24) is 24.4 Å². The van der Waals surface area contributed by atoms with Crippen LogP contribution in [0.4, 0.5) is 0 Å². The maximum Gasteiger partial charge on any atom is 0.151 e. The van der Waals surface area contributed by atoms with Gasteiger partial charge in [0.05, 0.1) is 17.9 Å². The fourth-order valence-corrected chi connectivity index (χ4v) is 2.97. The SMILES string of the molecule is Cc1nc2ccccn2c1CN(C)Cc1cc(-c2cccnc2)no1. The van der Waals surface area contributed by atoms with Gasteiger partial charge >= 0.3 is 0 Å². The number of pyridine rings is 2. The molecule has 0 atom stereocenters. The molecule has 0 radical (unpaired) electrons. The predicted octanol–water partition coefficient (Wildman–Crippen LogP) is 3.32. The van der Waals surface area contributed by atoms with Gasteiger partial charge < -0.3 is 8.92 Å². The van der Waals surface area contributed by atoms with Crippen molar-refractivity contribution >= 4 is 5.65 Å². The topological polar surface area (TPSA) is 59.5 Å². The van der Waals surface area contributed by atoms with E-state index in [2.05, 4.69) is 31.5 Å². The van der Waals surface area contributed by atoms with Crippen molar-refractivity contribution in [3.8, 4) is 11.3 Å². The summed E-state index contributed by atoms with van der Waals surface area (Å²) >= 11 is 0. The number of rotatable bonds is 5. The third-order valence-electron chi connectivity index (χ3n) is 4.19. The molecular weight excluding hydrogens is 314 g/mol. The molecule has 25 heavy (non-hydrogen) atoms. The lowest BCUT2D eigenvalue weighted by Gasteiger charge is -2.15. The molecule has 4 heterocycles. The van der Waals surface area contributed by atoms with E-state index < -0.39 is 0 Å². The Morgan fingerprint density at radius 3 is 2.92 bits per heavy atom. The van der Waals surface area contributed by atoms with Gasteiger partial charge in [0.15, 0.2) is 5.76 Å². The summed E-state index contributed by atoms with van der Waals surface area (Å²) in [7, 11) is 2.06. The van der Waals surface area contributed by atoms with E-state index in [1.54, 1.807) is 12.4 Å². The van der Waals surface area contributed by atoms with E-state index in [-0.39, 0.29) is 0 Å². The molecule has 0 saturated heterocycles. The Labute approximate surface area is 145 Å². The minimum absolute atomic E-state index is 0.673. The van der Waals surface area contributed by atoms with Crippen LogP contribution in [0, 0.1) is 6.92 Å². The van der Waals surface area contributed by atoms with Crippen molar-refractivity contribution in [2.24, 2.45) is 0 Å². The Balaban J connectivity index is 1.50. The molecule has 0 aliphatic carbocycles. The highest BCUT2D eigenvalue weighted by atomic mass is 16.5. The van der Waals surface area contributed by atoms with Crippen LogP contribution in [0.3, 0.4) is 0 Å². The second-order valence-corrected chi connectivity index (χ2v) is 6.17.